The van der Waals surface area contributed by atoms with Gasteiger partial charge in [0.05, 0.1) is 17.9 Å². The van der Waals surface area contributed by atoms with Crippen LogP contribution in [0.1, 0.15) is 19.8 Å². The van der Waals surface area contributed by atoms with Gasteiger partial charge < -0.3 is 16.4 Å². The summed E-state index contributed by atoms with van der Waals surface area (Å²) in [6.07, 6.45) is 1.58. The van der Waals surface area contributed by atoms with E-state index in [1.165, 1.54) is 11.0 Å². The number of hydrogen-bond acceptors (Lipinski definition) is 3. The highest BCUT2D eigenvalue weighted by molar-refractivity contribution is 5.81. The van der Waals surface area contributed by atoms with Crippen molar-refractivity contribution in [3.63, 3.8) is 0 Å². The number of nitrogens with zero attached hydrogens (tertiary/aromatic N) is 1. The molecule has 0 bridgehead atoms. The van der Waals surface area contributed by atoms with E-state index in [4.69, 9.17) is 11.5 Å². The third kappa shape index (κ3) is 3.32. The summed E-state index contributed by atoms with van der Waals surface area (Å²) in [6, 6.07) is 2.23. The zero-order valence-corrected chi connectivity index (χ0v) is 10.2. The maximum Gasteiger partial charge on any atom is 0.236 e. The Bertz CT molecular complexity index is 438. The third-order valence-corrected chi connectivity index (χ3v) is 2.54. The number of rotatable bonds is 6. The summed E-state index contributed by atoms with van der Waals surface area (Å²) in [5, 5.41) is 0. The van der Waals surface area contributed by atoms with Gasteiger partial charge in [0.15, 0.2) is 11.6 Å². The van der Waals surface area contributed by atoms with E-state index in [9.17, 15) is 13.6 Å². The van der Waals surface area contributed by atoms with Crippen molar-refractivity contribution in [3.8, 4) is 0 Å². The number of carbonyl (C=O) groups is 1. The van der Waals surface area contributed by atoms with Gasteiger partial charge >= 0.3 is 0 Å². The van der Waals surface area contributed by atoms with Crippen LogP contribution >= 0.6 is 0 Å². The molecule has 1 rings (SSSR count). The number of halogens is 2. The second-order valence-electron chi connectivity index (χ2n) is 4.04. The zero-order valence-electron chi connectivity index (χ0n) is 10.2. The summed E-state index contributed by atoms with van der Waals surface area (Å²) in [7, 11) is 0. The zero-order chi connectivity index (χ0) is 13.7. The van der Waals surface area contributed by atoms with Crippen molar-refractivity contribution >= 4 is 17.3 Å². The van der Waals surface area contributed by atoms with Gasteiger partial charge in [-0.05, 0) is 18.6 Å². The fraction of sp³-hybridized carbons (Fsp3) is 0.417. The van der Waals surface area contributed by atoms with Crippen molar-refractivity contribution in [2.75, 3.05) is 23.7 Å². The highest BCUT2D eigenvalue weighted by atomic mass is 19.2. The SMILES string of the molecule is CCCCN(CC(N)=O)c1c(N)ccc(F)c1F. The normalized spacial score (nSPS) is 10.4. The molecule has 0 saturated heterocycles. The molecule has 0 atom stereocenters. The number of primary amides is 1. The van der Waals surface area contributed by atoms with Gasteiger partial charge in [0.25, 0.3) is 0 Å². The molecule has 1 amide bonds. The summed E-state index contributed by atoms with van der Waals surface area (Å²) in [4.78, 5) is 12.4. The molecule has 0 saturated carbocycles. The van der Waals surface area contributed by atoms with Gasteiger partial charge in [0.2, 0.25) is 5.91 Å². The number of carbonyl (C=O) groups excluding carboxylic acids is 1. The van der Waals surface area contributed by atoms with Crippen molar-refractivity contribution in [1.29, 1.82) is 0 Å². The summed E-state index contributed by atoms with van der Waals surface area (Å²) < 4.78 is 26.9. The molecule has 4 nitrogen and oxygen atoms in total. The molecule has 0 aromatic heterocycles. The van der Waals surface area contributed by atoms with Crippen LogP contribution < -0.4 is 16.4 Å². The first-order chi connectivity index (χ1) is 8.47. The van der Waals surface area contributed by atoms with Crippen molar-refractivity contribution in [2.45, 2.75) is 19.8 Å². The number of benzene rings is 1. The highest BCUT2D eigenvalue weighted by Crippen LogP contribution is 2.28. The minimum atomic E-state index is -1.05. The Balaban J connectivity index is 3.10. The first-order valence-electron chi connectivity index (χ1n) is 5.74. The van der Waals surface area contributed by atoms with Crippen molar-refractivity contribution < 1.29 is 13.6 Å². The van der Waals surface area contributed by atoms with Crippen LogP contribution in [0, 0.1) is 11.6 Å². The molecule has 0 aliphatic rings. The van der Waals surface area contributed by atoms with E-state index >= 15 is 0 Å². The smallest absolute Gasteiger partial charge is 0.236 e. The fourth-order valence-corrected chi connectivity index (χ4v) is 1.68. The van der Waals surface area contributed by atoms with Crippen LogP contribution in [0.3, 0.4) is 0 Å². The van der Waals surface area contributed by atoms with Gasteiger partial charge in [-0.25, -0.2) is 8.78 Å². The van der Waals surface area contributed by atoms with E-state index in [0.29, 0.717) is 6.54 Å². The lowest BCUT2D eigenvalue weighted by molar-refractivity contribution is -0.116. The molecule has 4 N–H and O–H groups in total. The summed E-state index contributed by atoms with van der Waals surface area (Å²) >= 11 is 0. The monoisotopic (exact) mass is 257 g/mol. The van der Waals surface area contributed by atoms with Crippen LogP contribution in [0.5, 0.6) is 0 Å². The molecule has 6 heteroatoms. The molecule has 0 radical (unpaired) electrons. The first-order valence-corrected chi connectivity index (χ1v) is 5.74. The number of amides is 1. The Morgan fingerprint density at radius 2 is 2.06 bits per heavy atom. The van der Waals surface area contributed by atoms with Gasteiger partial charge in [-0.1, -0.05) is 13.3 Å². The van der Waals surface area contributed by atoms with Gasteiger partial charge in [-0.15, -0.1) is 0 Å². The van der Waals surface area contributed by atoms with Crippen molar-refractivity contribution in [3.05, 3.63) is 23.8 Å². The lowest BCUT2D eigenvalue weighted by atomic mass is 10.2. The predicted molar refractivity (Wildman–Crippen MR) is 67.1 cm³/mol. The second-order valence-corrected chi connectivity index (χ2v) is 4.04. The first kappa shape index (κ1) is 14.2. The average molecular weight is 257 g/mol. The highest BCUT2D eigenvalue weighted by Gasteiger charge is 2.19. The summed E-state index contributed by atoms with van der Waals surface area (Å²) in [5.41, 5.74) is 10.7. The minimum absolute atomic E-state index is 0.0891. The molecule has 1 aromatic carbocycles. The van der Waals surface area contributed by atoms with E-state index in [0.717, 1.165) is 18.9 Å². The summed E-state index contributed by atoms with van der Waals surface area (Å²) in [6.45, 7) is 2.16. The summed E-state index contributed by atoms with van der Waals surface area (Å²) in [5.74, 6) is -2.66. The van der Waals surface area contributed by atoms with Gasteiger partial charge in [0.1, 0.15) is 0 Å². The van der Waals surface area contributed by atoms with Crippen molar-refractivity contribution in [2.24, 2.45) is 5.73 Å². The van der Waals surface area contributed by atoms with E-state index < -0.39 is 17.5 Å². The topological polar surface area (TPSA) is 72.3 Å². The van der Waals surface area contributed by atoms with E-state index in [1.807, 2.05) is 6.92 Å². The molecule has 100 valence electrons. The molecule has 1 aromatic rings. The van der Waals surface area contributed by atoms with Crippen LogP contribution in [0.4, 0.5) is 20.2 Å². The number of hydrogen-bond donors (Lipinski definition) is 2. The number of nitrogen functional groups attached to an aromatic ring is 1. The average Bonchev–Trinajstić information content (AvgIpc) is 2.30. The Morgan fingerprint density at radius 3 is 2.61 bits per heavy atom. The Kier molecular flexibility index (Phi) is 4.88. The van der Waals surface area contributed by atoms with E-state index in [1.54, 1.807) is 0 Å². The van der Waals surface area contributed by atoms with Crippen LogP contribution in [-0.4, -0.2) is 19.0 Å². The van der Waals surface area contributed by atoms with Gasteiger partial charge in [-0.2, -0.15) is 0 Å². The molecular formula is C12H17F2N3O. The molecule has 0 heterocycles. The maximum absolute atomic E-state index is 13.7. The van der Waals surface area contributed by atoms with Crippen molar-refractivity contribution in [1.82, 2.24) is 0 Å². The van der Waals surface area contributed by atoms with Crippen LogP contribution in [0.25, 0.3) is 0 Å². The molecule has 0 aliphatic heterocycles. The minimum Gasteiger partial charge on any atom is -0.397 e. The molecule has 0 unspecified atom stereocenters. The lowest BCUT2D eigenvalue weighted by Crippen LogP contribution is -2.35. The van der Waals surface area contributed by atoms with Crippen LogP contribution in [-0.2, 0) is 4.79 Å². The quantitative estimate of drug-likeness (QED) is 0.761. The van der Waals surface area contributed by atoms with Gasteiger partial charge in [0, 0.05) is 6.54 Å². The molecule has 0 fully saturated rings. The second kappa shape index (κ2) is 6.18. The van der Waals surface area contributed by atoms with Crippen LogP contribution in [0.15, 0.2) is 12.1 Å². The van der Waals surface area contributed by atoms with E-state index in [-0.39, 0.29) is 17.9 Å². The standard InChI is InChI=1S/C12H17F2N3O/c1-2-3-6-17(7-10(16)18)12-9(15)5-4-8(13)11(12)14/h4-5H,2-3,6-7,15H2,1H3,(H2,16,18). The number of anilines is 2. The van der Waals surface area contributed by atoms with Crippen LogP contribution in [0.2, 0.25) is 0 Å². The lowest BCUT2D eigenvalue weighted by Gasteiger charge is -2.25. The third-order valence-electron chi connectivity index (χ3n) is 2.54. The Morgan fingerprint density at radius 1 is 1.39 bits per heavy atom. The Hall–Kier alpha value is -1.85. The molecule has 18 heavy (non-hydrogen) atoms. The molecule has 0 spiro atoms. The molecule has 0 aliphatic carbocycles. The maximum atomic E-state index is 13.7. The predicted octanol–water partition coefficient (Wildman–Crippen LogP) is 1.64. The number of unbranched alkanes of at least 4 members (excludes halogenated alkanes) is 1. The Labute approximate surface area is 105 Å². The van der Waals surface area contributed by atoms with E-state index in [2.05, 4.69) is 0 Å². The number of nitrogens with two attached hydrogens (primary N) is 2. The van der Waals surface area contributed by atoms with Gasteiger partial charge in [-0.3, -0.25) is 4.79 Å². The fourth-order valence-electron chi connectivity index (χ4n) is 1.68. The largest absolute Gasteiger partial charge is 0.397 e. The molecular weight excluding hydrogens is 240 g/mol.